The zero-order chi connectivity index (χ0) is 20.9. The van der Waals surface area contributed by atoms with Gasteiger partial charge in [-0.2, -0.15) is 4.31 Å². The van der Waals surface area contributed by atoms with Crippen LogP contribution < -0.4 is 5.32 Å². The third-order valence-corrected chi connectivity index (χ3v) is 9.95. The maximum Gasteiger partial charge on any atom is 0.251 e. The second-order valence-electron chi connectivity index (χ2n) is 6.61. The number of benzene rings is 2. The monoisotopic (exact) mass is 450 g/mol. The van der Waals surface area contributed by atoms with Crippen molar-refractivity contribution in [2.75, 3.05) is 24.6 Å². The Morgan fingerprint density at radius 1 is 1.00 bits per heavy atom. The van der Waals surface area contributed by atoms with E-state index in [4.69, 9.17) is 0 Å². The summed E-state index contributed by atoms with van der Waals surface area (Å²) in [5.41, 5.74) is 2.73. The lowest BCUT2D eigenvalue weighted by Gasteiger charge is -2.18. The van der Waals surface area contributed by atoms with Gasteiger partial charge in [-0.05, 0) is 35.4 Å². The van der Waals surface area contributed by atoms with E-state index in [0.29, 0.717) is 29.8 Å². The number of thioether (sulfide) groups is 2. The van der Waals surface area contributed by atoms with Crippen molar-refractivity contribution in [3.63, 3.8) is 0 Å². The van der Waals surface area contributed by atoms with Crippen LogP contribution in [0.15, 0.2) is 53.4 Å². The molecule has 1 amide bonds. The highest BCUT2D eigenvalue weighted by atomic mass is 32.2. The van der Waals surface area contributed by atoms with Crippen LogP contribution in [-0.4, -0.2) is 43.2 Å². The Labute approximate surface area is 181 Å². The van der Waals surface area contributed by atoms with Crippen LogP contribution in [0.4, 0.5) is 0 Å². The Morgan fingerprint density at radius 2 is 1.59 bits per heavy atom. The van der Waals surface area contributed by atoms with E-state index in [9.17, 15) is 13.2 Å². The van der Waals surface area contributed by atoms with Crippen molar-refractivity contribution in [2.24, 2.45) is 0 Å². The number of sulfonamides is 1. The lowest BCUT2D eigenvalue weighted by molar-refractivity contribution is 0.0951. The van der Waals surface area contributed by atoms with Gasteiger partial charge in [0.05, 0.1) is 9.48 Å². The SMILES string of the molecule is CCN(CC)S(=O)(=O)c1ccc(CNC(=O)c2ccc(C3SCCS3)cc2)cc1. The van der Waals surface area contributed by atoms with E-state index < -0.39 is 10.0 Å². The van der Waals surface area contributed by atoms with Gasteiger partial charge in [0.1, 0.15) is 0 Å². The fraction of sp³-hybridized carbons (Fsp3) is 0.381. The Kier molecular flexibility index (Phi) is 7.67. The molecule has 3 rings (SSSR count). The molecule has 0 bridgehead atoms. The summed E-state index contributed by atoms with van der Waals surface area (Å²) in [6.07, 6.45) is 0. The summed E-state index contributed by atoms with van der Waals surface area (Å²) in [5.74, 6) is 2.21. The lowest BCUT2D eigenvalue weighted by atomic mass is 10.1. The van der Waals surface area contributed by atoms with Crippen LogP contribution in [0.25, 0.3) is 0 Å². The van der Waals surface area contributed by atoms with Crippen molar-refractivity contribution in [3.05, 3.63) is 65.2 Å². The van der Waals surface area contributed by atoms with Gasteiger partial charge in [0.15, 0.2) is 0 Å². The quantitative estimate of drug-likeness (QED) is 0.655. The van der Waals surface area contributed by atoms with Crippen LogP contribution in [0, 0.1) is 0 Å². The van der Waals surface area contributed by atoms with E-state index in [2.05, 4.69) is 5.32 Å². The maximum atomic E-state index is 12.5. The second kappa shape index (κ2) is 10.0. The Balaban J connectivity index is 1.59. The second-order valence-corrected chi connectivity index (χ2v) is 11.3. The van der Waals surface area contributed by atoms with Crippen molar-refractivity contribution >= 4 is 39.5 Å². The number of nitrogens with zero attached hydrogens (tertiary/aromatic N) is 1. The smallest absolute Gasteiger partial charge is 0.251 e. The molecule has 1 fully saturated rings. The molecule has 1 aliphatic heterocycles. The topological polar surface area (TPSA) is 66.5 Å². The van der Waals surface area contributed by atoms with E-state index >= 15 is 0 Å². The molecule has 0 unspecified atom stereocenters. The van der Waals surface area contributed by atoms with Gasteiger partial charge in [-0.3, -0.25) is 4.79 Å². The number of amides is 1. The molecule has 0 aromatic heterocycles. The van der Waals surface area contributed by atoms with Gasteiger partial charge in [-0.15, -0.1) is 23.5 Å². The highest BCUT2D eigenvalue weighted by Crippen LogP contribution is 2.45. The Hall–Kier alpha value is -1.48. The van der Waals surface area contributed by atoms with Crippen LogP contribution in [0.3, 0.4) is 0 Å². The van der Waals surface area contributed by atoms with Gasteiger partial charge in [0.2, 0.25) is 10.0 Å². The van der Waals surface area contributed by atoms with E-state index in [1.165, 1.54) is 21.4 Å². The van der Waals surface area contributed by atoms with Crippen LogP contribution >= 0.6 is 23.5 Å². The molecule has 0 saturated carbocycles. The van der Waals surface area contributed by atoms with E-state index in [-0.39, 0.29) is 10.8 Å². The van der Waals surface area contributed by atoms with E-state index in [1.54, 1.807) is 24.3 Å². The zero-order valence-electron chi connectivity index (χ0n) is 16.6. The zero-order valence-corrected chi connectivity index (χ0v) is 19.1. The molecule has 0 atom stereocenters. The first-order valence-electron chi connectivity index (χ1n) is 9.66. The first-order valence-corrected chi connectivity index (χ1v) is 13.2. The van der Waals surface area contributed by atoms with E-state index in [1.807, 2.05) is 61.6 Å². The van der Waals surface area contributed by atoms with E-state index in [0.717, 1.165) is 5.56 Å². The van der Waals surface area contributed by atoms with Gasteiger partial charge in [0, 0.05) is 36.7 Å². The molecule has 156 valence electrons. The number of carbonyl (C=O) groups is 1. The van der Waals surface area contributed by atoms with Gasteiger partial charge in [0.25, 0.3) is 5.91 Å². The average Bonchev–Trinajstić information content (AvgIpc) is 3.28. The summed E-state index contributed by atoms with van der Waals surface area (Å²) in [4.78, 5) is 12.7. The number of hydrogen-bond acceptors (Lipinski definition) is 5. The summed E-state index contributed by atoms with van der Waals surface area (Å²) < 4.78 is 27.0. The fourth-order valence-electron chi connectivity index (χ4n) is 3.12. The fourth-order valence-corrected chi connectivity index (χ4v) is 7.44. The molecule has 8 heteroatoms. The van der Waals surface area contributed by atoms with Crippen LogP contribution in [0.1, 0.15) is 39.9 Å². The molecule has 0 radical (unpaired) electrons. The predicted molar refractivity (Wildman–Crippen MR) is 122 cm³/mol. The maximum absolute atomic E-state index is 12.5. The van der Waals surface area contributed by atoms with Gasteiger partial charge >= 0.3 is 0 Å². The molecule has 0 aliphatic carbocycles. The number of hydrogen-bond donors (Lipinski definition) is 1. The minimum absolute atomic E-state index is 0.136. The standard InChI is InChI=1S/C21H26N2O3S3/c1-3-23(4-2)29(25,26)19-11-5-16(6-12-19)15-22-20(24)17-7-9-18(10-8-17)21-27-13-14-28-21/h5-12,21H,3-4,13-15H2,1-2H3,(H,22,24). The van der Waals surface area contributed by atoms with Crippen molar-refractivity contribution in [3.8, 4) is 0 Å². The van der Waals surface area contributed by atoms with Crippen molar-refractivity contribution in [1.29, 1.82) is 0 Å². The third kappa shape index (κ3) is 5.36. The van der Waals surface area contributed by atoms with Gasteiger partial charge in [-0.1, -0.05) is 38.1 Å². The lowest BCUT2D eigenvalue weighted by Crippen LogP contribution is -2.30. The first-order chi connectivity index (χ1) is 14.0. The first kappa shape index (κ1) is 22.2. The minimum atomic E-state index is -3.46. The highest BCUT2D eigenvalue weighted by molar-refractivity contribution is 8.19. The molecule has 1 saturated heterocycles. The molecular weight excluding hydrogens is 424 g/mol. The largest absolute Gasteiger partial charge is 0.348 e. The van der Waals surface area contributed by atoms with Gasteiger partial charge in [-0.25, -0.2) is 8.42 Å². The molecule has 1 heterocycles. The molecule has 1 N–H and O–H groups in total. The minimum Gasteiger partial charge on any atom is -0.348 e. The number of rotatable bonds is 8. The molecule has 0 spiro atoms. The van der Waals surface area contributed by atoms with Gasteiger partial charge < -0.3 is 5.32 Å². The number of carbonyl (C=O) groups excluding carboxylic acids is 1. The Bertz CT molecular complexity index is 919. The molecule has 2 aromatic rings. The van der Waals surface area contributed by atoms with Crippen LogP contribution in [0.2, 0.25) is 0 Å². The molecular formula is C21H26N2O3S3. The summed E-state index contributed by atoms with van der Waals surface area (Å²) >= 11 is 3.88. The van der Waals surface area contributed by atoms with Crippen molar-refractivity contribution in [1.82, 2.24) is 9.62 Å². The molecule has 29 heavy (non-hydrogen) atoms. The molecule has 5 nitrogen and oxygen atoms in total. The Morgan fingerprint density at radius 3 is 2.14 bits per heavy atom. The molecule has 2 aromatic carbocycles. The summed E-state index contributed by atoms with van der Waals surface area (Å²) in [7, 11) is -3.46. The van der Waals surface area contributed by atoms with Crippen LogP contribution in [0.5, 0.6) is 0 Å². The van der Waals surface area contributed by atoms with Crippen LogP contribution in [-0.2, 0) is 16.6 Å². The average molecular weight is 451 g/mol. The normalized spacial score (nSPS) is 15.0. The predicted octanol–water partition coefficient (Wildman–Crippen LogP) is 4.13. The summed E-state index contributed by atoms with van der Waals surface area (Å²) in [6, 6.07) is 14.5. The highest BCUT2D eigenvalue weighted by Gasteiger charge is 2.21. The number of nitrogens with one attached hydrogen (secondary N) is 1. The third-order valence-electron chi connectivity index (χ3n) is 4.79. The molecule has 1 aliphatic rings. The van der Waals surface area contributed by atoms with Crippen molar-refractivity contribution < 1.29 is 13.2 Å². The van der Waals surface area contributed by atoms with Crippen molar-refractivity contribution in [2.45, 2.75) is 29.9 Å². The summed E-state index contributed by atoms with van der Waals surface area (Å²) in [6.45, 7) is 4.87. The summed E-state index contributed by atoms with van der Waals surface area (Å²) in [5, 5.41) is 2.90.